The quantitative estimate of drug-likeness (QED) is 0.0386. The minimum Gasteiger partial charge on any atom is -0.490 e. The molecule has 0 aliphatic carbocycles. The fourth-order valence-corrected chi connectivity index (χ4v) is 6.62. The van der Waals surface area contributed by atoms with Crippen molar-refractivity contribution in [2.75, 3.05) is 40.0 Å². The highest BCUT2D eigenvalue weighted by Crippen LogP contribution is 2.40. The predicted molar refractivity (Wildman–Crippen MR) is 229 cm³/mol. The average molecular weight is 723 g/mol. The van der Waals surface area contributed by atoms with E-state index in [2.05, 4.69) is 77.4 Å². The summed E-state index contributed by atoms with van der Waals surface area (Å²) in [5.74, 6) is 2.57. The van der Waals surface area contributed by atoms with Crippen molar-refractivity contribution in [1.82, 2.24) is 0 Å². The fraction of sp³-hybridized carbons (Fsp3) is 0.708. The zero-order valence-corrected chi connectivity index (χ0v) is 34.9. The summed E-state index contributed by atoms with van der Waals surface area (Å²) < 4.78 is 20.8. The maximum Gasteiger partial charge on any atom is 0.203 e. The molecule has 1 rings (SSSR count). The Morgan fingerprint density at radius 1 is 0.500 bits per heavy atom. The van der Waals surface area contributed by atoms with E-state index in [0.29, 0.717) is 6.61 Å². The molecule has 0 saturated heterocycles. The molecule has 0 heterocycles. The Morgan fingerprint density at radius 3 is 1.25 bits per heavy atom. The smallest absolute Gasteiger partial charge is 0.203 e. The molecule has 1 aromatic carbocycles. The number of unbranched alkanes of at least 4 members (excludes halogenated alkanes) is 21. The second-order valence-electron chi connectivity index (χ2n) is 15.2. The van der Waals surface area contributed by atoms with Crippen LogP contribution >= 0.6 is 0 Å². The van der Waals surface area contributed by atoms with E-state index in [1.54, 1.807) is 0 Å². The molecular weight excluding hydrogens is 639 g/mol. The van der Waals surface area contributed by atoms with Crippen molar-refractivity contribution in [3.05, 3.63) is 67.3 Å². The molecule has 0 aliphatic heterocycles. The lowest BCUT2D eigenvalue weighted by atomic mass is 10.1. The Bertz CT molecular complexity index is 983. The Hall–Kier alpha value is -2.46. The second kappa shape index (κ2) is 34.3. The summed E-state index contributed by atoms with van der Waals surface area (Å²) in [5, 5.41) is 0. The molecule has 0 spiro atoms. The van der Waals surface area contributed by atoms with Gasteiger partial charge in [0.2, 0.25) is 5.75 Å². The number of benzene rings is 1. The van der Waals surface area contributed by atoms with Crippen molar-refractivity contribution in [3.8, 4) is 17.2 Å². The van der Waals surface area contributed by atoms with Crippen LogP contribution < -0.4 is 14.2 Å². The van der Waals surface area contributed by atoms with Gasteiger partial charge in [-0.15, -0.1) is 0 Å². The standard InChI is InChI=1S/C48H84NO3/c1-7-12-15-18-21-24-27-30-33-36-39-50-46-42-45(44-49(6,10-4)11-5)43-47(51-40-37-34-31-28-25-22-19-16-13-8-2)48(46)52-41-38-35-32-29-26-23-20-17-14-9-3/h7-8,12-13,15-16,42-43H,1-2,9-11,14,17-41,44H2,3-6H3/q+1/b15-12+,16-13+. The topological polar surface area (TPSA) is 27.7 Å². The first-order valence-electron chi connectivity index (χ1n) is 22.0. The summed E-state index contributed by atoms with van der Waals surface area (Å²) >= 11 is 0. The van der Waals surface area contributed by atoms with Gasteiger partial charge in [0.1, 0.15) is 6.54 Å². The third-order valence-corrected chi connectivity index (χ3v) is 10.5. The van der Waals surface area contributed by atoms with Gasteiger partial charge in [-0.05, 0) is 70.9 Å². The fourth-order valence-electron chi connectivity index (χ4n) is 6.62. The summed E-state index contributed by atoms with van der Waals surface area (Å²) in [6.45, 7) is 19.7. The number of hydrogen-bond acceptors (Lipinski definition) is 3. The van der Waals surface area contributed by atoms with E-state index < -0.39 is 0 Å². The highest BCUT2D eigenvalue weighted by Gasteiger charge is 2.22. The van der Waals surface area contributed by atoms with Gasteiger partial charge in [0, 0.05) is 5.56 Å². The van der Waals surface area contributed by atoms with Gasteiger partial charge in [0.25, 0.3) is 0 Å². The molecule has 0 unspecified atom stereocenters. The molecule has 0 bridgehead atoms. The second-order valence-corrected chi connectivity index (χ2v) is 15.2. The molecule has 0 aliphatic rings. The van der Waals surface area contributed by atoms with Crippen LogP contribution in [0, 0.1) is 0 Å². The van der Waals surface area contributed by atoms with Crippen LogP contribution in [0.5, 0.6) is 17.2 Å². The highest BCUT2D eigenvalue weighted by molar-refractivity contribution is 5.54. The Balaban J connectivity index is 2.86. The Labute approximate surface area is 323 Å². The molecule has 0 radical (unpaired) electrons. The van der Waals surface area contributed by atoms with E-state index in [1.807, 2.05) is 12.2 Å². The van der Waals surface area contributed by atoms with E-state index in [-0.39, 0.29) is 0 Å². The molecule has 4 heteroatoms. The van der Waals surface area contributed by atoms with Gasteiger partial charge in [0.15, 0.2) is 11.5 Å². The molecule has 0 amide bonds. The first-order valence-corrected chi connectivity index (χ1v) is 22.0. The Kier molecular flexibility index (Phi) is 31.4. The molecule has 52 heavy (non-hydrogen) atoms. The highest BCUT2D eigenvalue weighted by atomic mass is 16.5. The van der Waals surface area contributed by atoms with Crippen molar-refractivity contribution in [2.24, 2.45) is 0 Å². The minimum atomic E-state index is 0.713. The van der Waals surface area contributed by atoms with Gasteiger partial charge < -0.3 is 18.7 Å². The van der Waals surface area contributed by atoms with Gasteiger partial charge in [-0.25, -0.2) is 0 Å². The predicted octanol–water partition coefficient (Wildman–Crippen LogP) is 14.7. The van der Waals surface area contributed by atoms with Crippen LogP contribution in [0.4, 0.5) is 0 Å². The maximum atomic E-state index is 6.60. The van der Waals surface area contributed by atoms with Crippen LogP contribution in [-0.2, 0) is 6.54 Å². The molecule has 0 N–H and O–H groups in total. The summed E-state index contributed by atoms with van der Waals surface area (Å²) in [5.41, 5.74) is 1.28. The lowest BCUT2D eigenvalue weighted by Crippen LogP contribution is -2.42. The molecule has 4 nitrogen and oxygen atoms in total. The zero-order chi connectivity index (χ0) is 37.8. The van der Waals surface area contributed by atoms with Crippen molar-refractivity contribution in [2.45, 2.75) is 181 Å². The van der Waals surface area contributed by atoms with Crippen molar-refractivity contribution in [1.29, 1.82) is 0 Å². The van der Waals surface area contributed by atoms with Crippen LogP contribution in [0.3, 0.4) is 0 Å². The van der Waals surface area contributed by atoms with Crippen molar-refractivity contribution < 1.29 is 18.7 Å². The number of ether oxygens (including phenoxy) is 3. The largest absolute Gasteiger partial charge is 0.490 e. The first kappa shape index (κ1) is 47.6. The maximum absolute atomic E-state index is 6.60. The summed E-state index contributed by atoms with van der Waals surface area (Å²) in [6, 6.07) is 4.51. The minimum absolute atomic E-state index is 0.713. The number of nitrogens with zero attached hydrogens (tertiary/aromatic N) is 1. The molecule has 298 valence electrons. The van der Waals surface area contributed by atoms with Gasteiger partial charge in [-0.2, -0.15) is 0 Å². The lowest BCUT2D eigenvalue weighted by molar-refractivity contribution is -0.919. The monoisotopic (exact) mass is 723 g/mol. The van der Waals surface area contributed by atoms with Gasteiger partial charge in [-0.3, -0.25) is 0 Å². The van der Waals surface area contributed by atoms with E-state index in [4.69, 9.17) is 14.2 Å². The summed E-state index contributed by atoms with van der Waals surface area (Å²) in [6.07, 6.45) is 42.5. The lowest BCUT2D eigenvalue weighted by Gasteiger charge is -2.32. The molecule has 1 aromatic rings. The van der Waals surface area contributed by atoms with Gasteiger partial charge in [-0.1, -0.05) is 166 Å². The number of hydrogen-bond donors (Lipinski definition) is 0. The van der Waals surface area contributed by atoms with Crippen LogP contribution in [0.2, 0.25) is 0 Å². The SMILES string of the molecule is C=C/C=C/CCCCCCCCOc1cc(C[N+](C)(CC)CC)cc(OCCCCCCCC/C=C/C=C)c1OCCCCCCCCCCCC. The van der Waals surface area contributed by atoms with Crippen molar-refractivity contribution >= 4 is 0 Å². The summed E-state index contributed by atoms with van der Waals surface area (Å²) in [4.78, 5) is 0. The van der Waals surface area contributed by atoms with Crippen LogP contribution in [-0.4, -0.2) is 44.4 Å². The molecule has 0 fully saturated rings. The normalized spacial score (nSPS) is 11.8. The molecule has 0 atom stereocenters. The van der Waals surface area contributed by atoms with E-state index in [9.17, 15) is 0 Å². The third-order valence-electron chi connectivity index (χ3n) is 10.5. The van der Waals surface area contributed by atoms with Crippen LogP contribution in [0.25, 0.3) is 0 Å². The number of quaternary nitrogens is 1. The third kappa shape index (κ3) is 25.5. The van der Waals surface area contributed by atoms with Gasteiger partial charge >= 0.3 is 0 Å². The number of rotatable bonds is 38. The average Bonchev–Trinajstić information content (AvgIpc) is 3.15. The first-order chi connectivity index (χ1) is 25.5. The van der Waals surface area contributed by atoms with Crippen LogP contribution in [0.1, 0.15) is 180 Å². The Morgan fingerprint density at radius 2 is 0.865 bits per heavy atom. The van der Waals surface area contributed by atoms with E-state index >= 15 is 0 Å². The zero-order valence-electron chi connectivity index (χ0n) is 34.9. The molecular formula is C48H84NO3+. The van der Waals surface area contributed by atoms with E-state index in [0.717, 1.165) is 86.7 Å². The van der Waals surface area contributed by atoms with E-state index in [1.165, 1.54) is 128 Å². The van der Waals surface area contributed by atoms with Crippen molar-refractivity contribution in [3.63, 3.8) is 0 Å². The van der Waals surface area contributed by atoms with Gasteiger partial charge in [0.05, 0.1) is 40.0 Å². The summed E-state index contributed by atoms with van der Waals surface area (Å²) in [7, 11) is 2.35. The number of allylic oxidation sites excluding steroid dienone is 6. The van der Waals surface area contributed by atoms with Crippen LogP contribution in [0.15, 0.2) is 61.7 Å². The molecule has 0 saturated carbocycles. The molecule has 0 aromatic heterocycles.